The van der Waals surface area contributed by atoms with Crippen molar-refractivity contribution in [1.82, 2.24) is 9.97 Å². The van der Waals surface area contributed by atoms with Gasteiger partial charge in [0.15, 0.2) is 5.11 Å². The van der Waals surface area contributed by atoms with Crippen LogP contribution in [0.2, 0.25) is 0 Å². The molecule has 9 nitrogen and oxygen atoms in total. The van der Waals surface area contributed by atoms with E-state index in [1.165, 1.54) is 0 Å². The number of nitrogens with zero attached hydrogens (tertiary/aromatic N) is 1. The summed E-state index contributed by atoms with van der Waals surface area (Å²) in [6.07, 6.45) is -0.0844. The summed E-state index contributed by atoms with van der Waals surface area (Å²) < 4.78 is 5.82. The topological polar surface area (TPSA) is 134 Å². The van der Waals surface area contributed by atoms with Crippen molar-refractivity contribution in [1.29, 1.82) is 0 Å². The van der Waals surface area contributed by atoms with Crippen LogP contribution in [0.4, 0.5) is 17.3 Å². The van der Waals surface area contributed by atoms with Crippen molar-refractivity contribution in [2.75, 3.05) is 16.0 Å². The summed E-state index contributed by atoms with van der Waals surface area (Å²) in [5, 5.41) is 9.20. The van der Waals surface area contributed by atoms with Crippen LogP contribution in [0.5, 0.6) is 5.75 Å². The Labute approximate surface area is 207 Å². The zero-order chi connectivity index (χ0) is 24.9. The van der Waals surface area contributed by atoms with Crippen LogP contribution < -0.4 is 26.4 Å². The van der Waals surface area contributed by atoms with Gasteiger partial charge in [0.1, 0.15) is 11.3 Å². The molecule has 0 atom stereocenters. The Morgan fingerprint density at radius 2 is 1.69 bits per heavy atom. The lowest BCUT2D eigenvalue weighted by Gasteiger charge is -2.17. The number of aromatic nitrogens is 2. The molecular formula is C25H24N6O3S. The Bertz CT molecular complexity index is 1400. The maximum atomic E-state index is 12.5. The first-order valence-electron chi connectivity index (χ1n) is 10.8. The van der Waals surface area contributed by atoms with Crippen LogP contribution in [0.15, 0.2) is 66.7 Å². The first-order chi connectivity index (χ1) is 16.8. The summed E-state index contributed by atoms with van der Waals surface area (Å²) in [7, 11) is 0. The standard InChI is InChI=1S/C25H24N6O3S/c1-14(2)34-20-12-11-16(22(26)32)13-19(20)29-25(35)28-18-10-6-9-17-21(18)30-24(27-17)31-23(33)15-7-4-3-5-8-15/h3-14H,1-2H3,(H2,26,32)(H2,28,29,35)(H2,27,30,31,33). The first-order valence-corrected chi connectivity index (χ1v) is 11.2. The number of ether oxygens (including phenoxy) is 1. The molecular weight excluding hydrogens is 464 g/mol. The second-order valence-electron chi connectivity index (χ2n) is 7.93. The summed E-state index contributed by atoms with van der Waals surface area (Å²) in [6, 6.07) is 19.2. The van der Waals surface area contributed by atoms with Gasteiger partial charge < -0.3 is 26.1 Å². The van der Waals surface area contributed by atoms with E-state index in [4.69, 9.17) is 22.7 Å². The van der Waals surface area contributed by atoms with Crippen LogP contribution in [-0.4, -0.2) is 33.0 Å². The van der Waals surface area contributed by atoms with Gasteiger partial charge in [-0.25, -0.2) is 4.98 Å². The predicted octanol–water partition coefficient (Wildman–Crippen LogP) is 4.51. The van der Waals surface area contributed by atoms with Gasteiger partial charge in [0, 0.05) is 11.1 Å². The van der Waals surface area contributed by atoms with Crippen molar-refractivity contribution in [3.8, 4) is 5.75 Å². The van der Waals surface area contributed by atoms with E-state index in [2.05, 4.69) is 25.9 Å². The third kappa shape index (κ3) is 5.74. The molecule has 10 heteroatoms. The fourth-order valence-corrected chi connectivity index (χ4v) is 3.59. The van der Waals surface area contributed by atoms with Crippen LogP contribution in [0.3, 0.4) is 0 Å². The predicted molar refractivity (Wildman–Crippen MR) is 141 cm³/mol. The van der Waals surface area contributed by atoms with E-state index in [1.54, 1.807) is 42.5 Å². The summed E-state index contributed by atoms with van der Waals surface area (Å²) in [5.74, 6) is -0.000407. The molecule has 35 heavy (non-hydrogen) atoms. The molecule has 4 rings (SSSR count). The van der Waals surface area contributed by atoms with Crippen molar-refractivity contribution in [3.05, 3.63) is 77.9 Å². The Kier molecular flexibility index (Phi) is 6.93. The van der Waals surface area contributed by atoms with Gasteiger partial charge >= 0.3 is 0 Å². The Balaban J connectivity index is 1.54. The quantitative estimate of drug-likeness (QED) is 0.242. The summed E-state index contributed by atoms with van der Waals surface area (Å²) in [5.41, 5.74) is 8.68. The highest BCUT2D eigenvalue weighted by Crippen LogP contribution is 2.28. The van der Waals surface area contributed by atoms with Gasteiger partial charge in [-0.1, -0.05) is 24.3 Å². The largest absolute Gasteiger partial charge is 0.489 e. The average Bonchev–Trinajstić information content (AvgIpc) is 3.23. The smallest absolute Gasteiger partial charge is 0.257 e. The third-order valence-electron chi connectivity index (χ3n) is 4.90. The monoisotopic (exact) mass is 488 g/mol. The molecule has 0 unspecified atom stereocenters. The van der Waals surface area contributed by atoms with E-state index in [-0.39, 0.29) is 17.1 Å². The van der Waals surface area contributed by atoms with E-state index in [9.17, 15) is 9.59 Å². The number of nitrogens with two attached hydrogens (primary N) is 1. The summed E-state index contributed by atoms with van der Waals surface area (Å²) >= 11 is 5.50. The highest BCUT2D eigenvalue weighted by Gasteiger charge is 2.14. The average molecular weight is 489 g/mol. The molecule has 2 amide bonds. The van der Waals surface area contributed by atoms with Crippen molar-refractivity contribution in [2.45, 2.75) is 20.0 Å². The minimum absolute atomic E-state index is 0.0844. The maximum Gasteiger partial charge on any atom is 0.257 e. The van der Waals surface area contributed by atoms with Crippen LogP contribution in [0, 0.1) is 0 Å². The first kappa shape index (κ1) is 23.7. The normalized spacial score (nSPS) is 10.7. The third-order valence-corrected chi connectivity index (χ3v) is 5.11. The Morgan fingerprint density at radius 3 is 2.40 bits per heavy atom. The summed E-state index contributed by atoms with van der Waals surface area (Å²) in [4.78, 5) is 31.7. The molecule has 0 aliphatic carbocycles. The van der Waals surface area contributed by atoms with Gasteiger partial charge in [0.25, 0.3) is 5.91 Å². The molecule has 0 fully saturated rings. The number of aromatic amines is 1. The molecule has 4 aromatic rings. The molecule has 0 saturated heterocycles. The molecule has 0 aliphatic rings. The minimum atomic E-state index is -0.561. The van der Waals surface area contributed by atoms with Gasteiger partial charge in [-0.05, 0) is 68.5 Å². The Morgan fingerprint density at radius 1 is 0.943 bits per heavy atom. The number of rotatable bonds is 7. The molecule has 1 aromatic heterocycles. The fourth-order valence-electron chi connectivity index (χ4n) is 3.37. The highest BCUT2D eigenvalue weighted by molar-refractivity contribution is 7.80. The summed E-state index contributed by atoms with van der Waals surface area (Å²) in [6.45, 7) is 3.80. The van der Waals surface area contributed by atoms with E-state index >= 15 is 0 Å². The SMILES string of the molecule is CC(C)Oc1ccc(C(N)=O)cc1NC(=S)Nc1cccc2[nH]c(NC(=O)c3ccccc3)nc12. The van der Waals surface area contributed by atoms with Crippen LogP contribution in [0.25, 0.3) is 11.0 Å². The number of anilines is 3. The van der Waals surface area contributed by atoms with E-state index in [1.807, 2.05) is 38.1 Å². The van der Waals surface area contributed by atoms with Crippen molar-refractivity contribution in [2.24, 2.45) is 5.73 Å². The van der Waals surface area contributed by atoms with Gasteiger partial charge in [-0.2, -0.15) is 0 Å². The number of thiocarbonyl (C=S) groups is 1. The van der Waals surface area contributed by atoms with E-state index in [0.29, 0.717) is 45.2 Å². The van der Waals surface area contributed by atoms with E-state index < -0.39 is 5.91 Å². The number of H-pyrrole nitrogens is 1. The minimum Gasteiger partial charge on any atom is -0.489 e. The number of imidazole rings is 1. The molecule has 178 valence electrons. The van der Waals surface area contributed by atoms with Crippen LogP contribution in [-0.2, 0) is 0 Å². The second kappa shape index (κ2) is 10.2. The molecule has 0 spiro atoms. The molecule has 0 bridgehead atoms. The number of benzene rings is 3. The number of carbonyl (C=O) groups excluding carboxylic acids is 2. The number of amides is 2. The van der Waals surface area contributed by atoms with Crippen LogP contribution >= 0.6 is 12.2 Å². The van der Waals surface area contributed by atoms with Crippen molar-refractivity contribution >= 4 is 57.5 Å². The number of hydrogen-bond acceptors (Lipinski definition) is 5. The fraction of sp³-hybridized carbons (Fsp3) is 0.120. The number of carbonyl (C=O) groups is 2. The maximum absolute atomic E-state index is 12.5. The molecule has 0 aliphatic heterocycles. The number of fused-ring (bicyclic) bond motifs is 1. The lowest BCUT2D eigenvalue weighted by molar-refractivity contribution is 0.0997. The number of primary amides is 1. The lowest BCUT2D eigenvalue weighted by Crippen LogP contribution is -2.21. The zero-order valence-electron chi connectivity index (χ0n) is 19.1. The van der Waals surface area contributed by atoms with Crippen LogP contribution in [0.1, 0.15) is 34.6 Å². The molecule has 6 N–H and O–H groups in total. The molecule has 0 saturated carbocycles. The van der Waals surface area contributed by atoms with Gasteiger partial charge in [-0.3, -0.25) is 14.9 Å². The van der Waals surface area contributed by atoms with E-state index in [0.717, 1.165) is 0 Å². The number of para-hydroxylation sites is 1. The molecule has 3 aromatic carbocycles. The van der Waals surface area contributed by atoms with Gasteiger partial charge in [0.2, 0.25) is 11.9 Å². The highest BCUT2D eigenvalue weighted by atomic mass is 32.1. The van der Waals surface area contributed by atoms with Gasteiger partial charge in [0.05, 0.1) is 23.0 Å². The van der Waals surface area contributed by atoms with Crippen molar-refractivity contribution in [3.63, 3.8) is 0 Å². The second-order valence-corrected chi connectivity index (χ2v) is 8.34. The number of nitrogens with one attached hydrogen (secondary N) is 4. The lowest BCUT2D eigenvalue weighted by atomic mass is 10.1. The molecule has 1 heterocycles. The van der Waals surface area contributed by atoms with Crippen molar-refractivity contribution < 1.29 is 14.3 Å². The zero-order valence-corrected chi connectivity index (χ0v) is 19.9. The number of hydrogen-bond donors (Lipinski definition) is 5. The molecule has 0 radical (unpaired) electrons. The van der Waals surface area contributed by atoms with Gasteiger partial charge in [-0.15, -0.1) is 0 Å². The Hall–Kier alpha value is -4.44.